The van der Waals surface area contributed by atoms with E-state index in [4.69, 9.17) is 0 Å². The maximum Gasteiger partial charge on any atom is 0.221 e. The van der Waals surface area contributed by atoms with Crippen LogP contribution in [0.2, 0.25) is 0 Å². The van der Waals surface area contributed by atoms with E-state index in [2.05, 4.69) is 5.32 Å². The lowest BCUT2D eigenvalue weighted by atomic mass is 10.0. The van der Waals surface area contributed by atoms with Gasteiger partial charge in [-0.2, -0.15) is 0 Å². The fourth-order valence-corrected chi connectivity index (χ4v) is 5.95. The van der Waals surface area contributed by atoms with E-state index in [9.17, 15) is 21.6 Å². The third-order valence-electron chi connectivity index (χ3n) is 4.14. The van der Waals surface area contributed by atoms with Crippen LogP contribution in [0.25, 0.3) is 0 Å². The Balaban J connectivity index is 1.65. The molecular formula is C16H23NO5S2. The number of hydrogen-bond acceptors (Lipinski definition) is 5. The molecule has 0 bridgehead atoms. The van der Waals surface area contributed by atoms with Gasteiger partial charge in [-0.1, -0.05) is 18.2 Å². The van der Waals surface area contributed by atoms with E-state index in [-0.39, 0.29) is 40.4 Å². The van der Waals surface area contributed by atoms with Gasteiger partial charge in [-0.15, -0.1) is 0 Å². The van der Waals surface area contributed by atoms with E-state index in [1.165, 1.54) is 12.1 Å². The number of hydrogen-bond donors (Lipinski definition) is 1. The summed E-state index contributed by atoms with van der Waals surface area (Å²) >= 11 is 0. The van der Waals surface area contributed by atoms with Crippen molar-refractivity contribution in [1.82, 2.24) is 5.32 Å². The smallest absolute Gasteiger partial charge is 0.221 e. The average molecular weight is 373 g/mol. The second kappa shape index (κ2) is 8.11. The molecule has 24 heavy (non-hydrogen) atoms. The van der Waals surface area contributed by atoms with Crippen LogP contribution in [0.5, 0.6) is 0 Å². The van der Waals surface area contributed by atoms with Gasteiger partial charge in [0.2, 0.25) is 5.91 Å². The molecule has 1 aromatic carbocycles. The Bertz CT molecular complexity index is 757. The van der Waals surface area contributed by atoms with Crippen LogP contribution < -0.4 is 5.32 Å². The molecule has 1 atom stereocenters. The molecule has 0 aromatic heterocycles. The zero-order valence-electron chi connectivity index (χ0n) is 13.5. The lowest BCUT2D eigenvalue weighted by Crippen LogP contribution is -2.27. The molecule has 1 aliphatic rings. The lowest BCUT2D eigenvalue weighted by molar-refractivity contribution is -0.120. The topological polar surface area (TPSA) is 97.4 Å². The summed E-state index contributed by atoms with van der Waals surface area (Å²) in [6.07, 6.45) is 2.10. The highest BCUT2D eigenvalue weighted by atomic mass is 32.2. The molecule has 0 aliphatic carbocycles. The van der Waals surface area contributed by atoms with E-state index in [0.717, 1.165) is 6.42 Å². The predicted molar refractivity (Wildman–Crippen MR) is 92.1 cm³/mol. The van der Waals surface area contributed by atoms with Gasteiger partial charge < -0.3 is 5.32 Å². The highest BCUT2D eigenvalue weighted by molar-refractivity contribution is 7.91. The molecule has 0 radical (unpaired) electrons. The van der Waals surface area contributed by atoms with Crippen LogP contribution in [-0.2, 0) is 24.5 Å². The van der Waals surface area contributed by atoms with Gasteiger partial charge >= 0.3 is 0 Å². The van der Waals surface area contributed by atoms with Crippen LogP contribution in [0, 0.1) is 5.92 Å². The largest absolute Gasteiger partial charge is 0.356 e. The summed E-state index contributed by atoms with van der Waals surface area (Å²) in [6, 6.07) is 8.07. The number of amides is 1. The highest BCUT2D eigenvalue weighted by Crippen LogP contribution is 2.22. The predicted octanol–water partition coefficient (Wildman–Crippen LogP) is 1.18. The number of carbonyl (C=O) groups is 1. The molecular weight excluding hydrogens is 350 g/mol. The molecule has 1 fully saturated rings. The van der Waals surface area contributed by atoms with Crippen LogP contribution >= 0.6 is 0 Å². The van der Waals surface area contributed by atoms with E-state index in [0.29, 0.717) is 19.4 Å². The van der Waals surface area contributed by atoms with Crippen molar-refractivity contribution in [2.75, 3.05) is 23.8 Å². The Morgan fingerprint density at radius 1 is 1.21 bits per heavy atom. The van der Waals surface area contributed by atoms with Crippen molar-refractivity contribution in [1.29, 1.82) is 0 Å². The second-order valence-corrected chi connectivity index (χ2v) is 10.5. The zero-order valence-corrected chi connectivity index (χ0v) is 15.1. The fourth-order valence-electron chi connectivity index (χ4n) is 2.78. The van der Waals surface area contributed by atoms with Gasteiger partial charge in [0.25, 0.3) is 0 Å². The number of carbonyl (C=O) groups excluding carboxylic acids is 1. The Hall–Kier alpha value is -1.41. The monoisotopic (exact) mass is 373 g/mol. The number of sulfone groups is 2. The van der Waals surface area contributed by atoms with Crippen molar-refractivity contribution in [2.45, 2.75) is 30.6 Å². The molecule has 1 unspecified atom stereocenters. The van der Waals surface area contributed by atoms with Crippen LogP contribution in [0.15, 0.2) is 35.2 Å². The van der Waals surface area contributed by atoms with E-state index in [1.807, 2.05) is 0 Å². The first-order valence-electron chi connectivity index (χ1n) is 8.03. The molecule has 1 N–H and O–H groups in total. The Kier molecular flexibility index (Phi) is 6.40. The summed E-state index contributed by atoms with van der Waals surface area (Å²) in [6.45, 7) is 0.445. The van der Waals surface area contributed by atoms with E-state index >= 15 is 0 Å². The van der Waals surface area contributed by atoms with Crippen molar-refractivity contribution in [3.63, 3.8) is 0 Å². The van der Waals surface area contributed by atoms with Crippen LogP contribution in [0.1, 0.15) is 25.7 Å². The number of benzene rings is 1. The third-order valence-corrected chi connectivity index (χ3v) is 7.71. The molecule has 1 amide bonds. The standard InChI is InChI=1S/C16H23NO5S2/c18-16(9-12-24(21,22)15-6-2-1-3-7-15)17-10-4-5-14-8-11-23(19,20)13-14/h1-3,6-7,14H,4-5,8-13H2,(H,17,18). The molecule has 1 heterocycles. The van der Waals surface area contributed by atoms with Crippen molar-refractivity contribution in [3.8, 4) is 0 Å². The van der Waals surface area contributed by atoms with Crippen molar-refractivity contribution >= 4 is 25.6 Å². The first-order chi connectivity index (χ1) is 11.3. The first kappa shape index (κ1) is 18.9. The minimum absolute atomic E-state index is 0.0744. The lowest BCUT2D eigenvalue weighted by Gasteiger charge is -2.09. The first-order valence-corrected chi connectivity index (χ1v) is 11.5. The Labute approximate surface area is 143 Å². The van der Waals surface area contributed by atoms with Crippen molar-refractivity contribution in [3.05, 3.63) is 30.3 Å². The van der Waals surface area contributed by atoms with Gasteiger partial charge in [0.1, 0.15) is 0 Å². The summed E-state index contributed by atoms with van der Waals surface area (Å²) in [5.41, 5.74) is 0. The fraction of sp³-hybridized carbons (Fsp3) is 0.562. The maximum atomic E-state index is 12.1. The highest BCUT2D eigenvalue weighted by Gasteiger charge is 2.27. The summed E-state index contributed by atoms with van der Waals surface area (Å²) in [5.74, 6) is 0.181. The molecule has 0 spiro atoms. The summed E-state index contributed by atoms with van der Waals surface area (Å²) in [4.78, 5) is 12.0. The van der Waals surface area contributed by atoms with Gasteiger partial charge in [-0.3, -0.25) is 4.79 Å². The van der Waals surface area contributed by atoms with Gasteiger partial charge in [-0.05, 0) is 37.3 Å². The number of rotatable bonds is 8. The van der Waals surface area contributed by atoms with Gasteiger partial charge in [-0.25, -0.2) is 16.8 Å². The van der Waals surface area contributed by atoms with Crippen LogP contribution in [-0.4, -0.2) is 46.5 Å². The molecule has 1 aliphatic heterocycles. The van der Waals surface area contributed by atoms with Crippen molar-refractivity contribution in [2.24, 2.45) is 5.92 Å². The van der Waals surface area contributed by atoms with E-state index in [1.54, 1.807) is 18.2 Å². The minimum Gasteiger partial charge on any atom is -0.356 e. The SMILES string of the molecule is O=C(CCS(=O)(=O)c1ccccc1)NCCCC1CCS(=O)(=O)C1. The Morgan fingerprint density at radius 2 is 1.92 bits per heavy atom. The summed E-state index contributed by atoms with van der Waals surface area (Å²) < 4.78 is 46.8. The number of nitrogens with one attached hydrogen (secondary N) is 1. The molecule has 2 rings (SSSR count). The Morgan fingerprint density at radius 3 is 2.54 bits per heavy atom. The van der Waals surface area contributed by atoms with Crippen LogP contribution in [0.4, 0.5) is 0 Å². The molecule has 6 nitrogen and oxygen atoms in total. The van der Waals surface area contributed by atoms with Gasteiger partial charge in [0.15, 0.2) is 19.7 Å². The summed E-state index contributed by atoms with van der Waals surface area (Å²) in [7, 11) is -6.29. The maximum absolute atomic E-state index is 12.1. The van der Waals surface area contributed by atoms with Gasteiger partial charge in [0.05, 0.1) is 22.2 Å². The van der Waals surface area contributed by atoms with Crippen molar-refractivity contribution < 1.29 is 21.6 Å². The minimum atomic E-state index is -3.44. The molecule has 0 saturated carbocycles. The zero-order chi connectivity index (χ0) is 17.6. The summed E-state index contributed by atoms with van der Waals surface area (Å²) in [5, 5.41) is 2.70. The molecule has 134 valence electrons. The third kappa shape index (κ3) is 5.90. The molecule has 1 aromatic rings. The van der Waals surface area contributed by atoms with Crippen LogP contribution in [0.3, 0.4) is 0 Å². The molecule has 1 saturated heterocycles. The second-order valence-electron chi connectivity index (χ2n) is 6.14. The average Bonchev–Trinajstić information content (AvgIpc) is 2.90. The quantitative estimate of drug-likeness (QED) is 0.690. The van der Waals surface area contributed by atoms with E-state index < -0.39 is 19.7 Å². The van der Waals surface area contributed by atoms with Gasteiger partial charge in [0, 0.05) is 13.0 Å². The molecule has 8 heteroatoms. The normalized spacial score (nSPS) is 19.9.